The molecule has 1 heterocycles. The first-order valence-electron chi connectivity index (χ1n) is 5.32. The number of nitrogen functional groups attached to an aromatic ring is 1. The molecule has 1 fully saturated rings. The predicted molar refractivity (Wildman–Crippen MR) is 75.4 cm³/mol. The van der Waals surface area contributed by atoms with Crippen molar-refractivity contribution < 1.29 is 14.3 Å². The number of hydrogen-bond donors (Lipinski definition) is 2. The smallest absolute Gasteiger partial charge is 0.256 e. The van der Waals surface area contributed by atoms with E-state index in [1.807, 2.05) is 6.07 Å². The molecule has 98 valence electrons. The minimum atomic E-state index is -0.589. The van der Waals surface area contributed by atoms with Crippen LogP contribution in [0.4, 0.5) is 11.4 Å². The Morgan fingerprint density at radius 3 is 2.78 bits per heavy atom. The molecule has 0 spiro atoms. The van der Waals surface area contributed by atoms with E-state index in [1.54, 1.807) is 6.07 Å². The molecule has 2 rings (SSSR count). The topological polar surface area (TPSA) is 73.6 Å². The maximum atomic E-state index is 12.0. The molecular weight excluding hydrogens is 368 g/mol. The second kappa shape index (κ2) is 6.01. The summed E-state index contributed by atoms with van der Waals surface area (Å²) in [4.78, 5) is 12.0. The Kier molecular flexibility index (Phi) is 4.60. The Bertz CT molecular complexity index is 439. The van der Waals surface area contributed by atoms with Gasteiger partial charge in [-0.25, -0.2) is 0 Å². The van der Waals surface area contributed by atoms with Gasteiger partial charge in [-0.05, 0) is 28.1 Å². The number of ether oxygens (including phenoxy) is 2. The Labute approximate surface area is 121 Å². The molecule has 1 amide bonds. The van der Waals surface area contributed by atoms with E-state index in [0.717, 1.165) is 4.47 Å². The summed E-state index contributed by atoms with van der Waals surface area (Å²) in [5.74, 6) is -0.260. The second-order valence-electron chi connectivity index (χ2n) is 3.78. The fourth-order valence-electron chi connectivity index (χ4n) is 1.57. The van der Waals surface area contributed by atoms with Gasteiger partial charge in [0.05, 0.1) is 31.2 Å². The van der Waals surface area contributed by atoms with E-state index in [-0.39, 0.29) is 12.5 Å². The molecule has 1 aromatic carbocycles. The lowest BCUT2D eigenvalue weighted by Crippen LogP contribution is -2.39. The third kappa shape index (κ3) is 3.23. The van der Waals surface area contributed by atoms with E-state index in [2.05, 4.69) is 37.2 Å². The van der Waals surface area contributed by atoms with Gasteiger partial charge >= 0.3 is 0 Å². The van der Waals surface area contributed by atoms with Crippen molar-refractivity contribution in [1.82, 2.24) is 0 Å². The number of rotatable bonds is 2. The van der Waals surface area contributed by atoms with Gasteiger partial charge in [-0.2, -0.15) is 0 Å². The third-order valence-electron chi connectivity index (χ3n) is 2.44. The summed E-state index contributed by atoms with van der Waals surface area (Å²) in [6.07, 6.45) is -0.589. The highest BCUT2D eigenvalue weighted by Crippen LogP contribution is 2.32. The Balaban J connectivity index is 2.11. The van der Waals surface area contributed by atoms with Crippen molar-refractivity contribution in [1.29, 1.82) is 0 Å². The molecule has 1 aromatic rings. The third-order valence-corrected chi connectivity index (χ3v) is 3.53. The van der Waals surface area contributed by atoms with Crippen LogP contribution in [-0.4, -0.2) is 31.8 Å². The van der Waals surface area contributed by atoms with E-state index in [1.165, 1.54) is 0 Å². The Morgan fingerprint density at radius 2 is 2.17 bits per heavy atom. The monoisotopic (exact) mass is 378 g/mol. The minimum Gasteiger partial charge on any atom is -0.397 e. The normalized spacial score (nSPS) is 19.6. The van der Waals surface area contributed by atoms with Gasteiger partial charge in [0, 0.05) is 8.95 Å². The second-order valence-corrected chi connectivity index (χ2v) is 5.55. The van der Waals surface area contributed by atoms with Crippen molar-refractivity contribution in [2.24, 2.45) is 0 Å². The van der Waals surface area contributed by atoms with Gasteiger partial charge in [-0.1, -0.05) is 15.9 Å². The summed E-state index contributed by atoms with van der Waals surface area (Å²) >= 11 is 6.68. The molecule has 0 saturated carbocycles. The number of carbonyl (C=O) groups is 1. The highest BCUT2D eigenvalue weighted by molar-refractivity contribution is 9.11. The molecule has 1 atom stereocenters. The van der Waals surface area contributed by atoms with Crippen LogP contribution in [0.2, 0.25) is 0 Å². The van der Waals surface area contributed by atoms with Crippen molar-refractivity contribution in [3.8, 4) is 0 Å². The molecule has 0 radical (unpaired) electrons. The summed E-state index contributed by atoms with van der Waals surface area (Å²) in [5, 5.41) is 2.74. The van der Waals surface area contributed by atoms with E-state index in [9.17, 15) is 4.79 Å². The Hall–Kier alpha value is -0.630. The number of nitrogens with two attached hydrogens (primary N) is 1. The molecule has 18 heavy (non-hydrogen) atoms. The molecular formula is C11H12Br2N2O3. The van der Waals surface area contributed by atoms with Crippen LogP contribution in [0.3, 0.4) is 0 Å². The number of benzene rings is 1. The van der Waals surface area contributed by atoms with E-state index < -0.39 is 6.10 Å². The maximum absolute atomic E-state index is 12.0. The van der Waals surface area contributed by atoms with Crippen LogP contribution in [0.15, 0.2) is 21.1 Å². The largest absolute Gasteiger partial charge is 0.397 e. The summed E-state index contributed by atoms with van der Waals surface area (Å²) in [7, 11) is 0. The number of nitrogens with one attached hydrogen (secondary N) is 1. The zero-order chi connectivity index (χ0) is 13.1. The molecule has 1 saturated heterocycles. The van der Waals surface area contributed by atoms with E-state index in [0.29, 0.717) is 29.1 Å². The molecule has 3 N–H and O–H groups in total. The minimum absolute atomic E-state index is 0.260. The highest BCUT2D eigenvalue weighted by atomic mass is 79.9. The maximum Gasteiger partial charge on any atom is 0.256 e. The van der Waals surface area contributed by atoms with Crippen molar-refractivity contribution in [3.63, 3.8) is 0 Å². The van der Waals surface area contributed by atoms with Crippen LogP contribution < -0.4 is 11.1 Å². The van der Waals surface area contributed by atoms with Crippen LogP contribution in [0.25, 0.3) is 0 Å². The first kappa shape index (κ1) is 13.8. The number of halogens is 2. The van der Waals surface area contributed by atoms with E-state index >= 15 is 0 Å². The van der Waals surface area contributed by atoms with Crippen LogP contribution in [-0.2, 0) is 14.3 Å². The summed E-state index contributed by atoms with van der Waals surface area (Å²) < 4.78 is 12.0. The molecule has 1 aliphatic heterocycles. The van der Waals surface area contributed by atoms with Gasteiger partial charge in [-0.3, -0.25) is 4.79 Å². The highest BCUT2D eigenvalue weighted by Gasteiger charge is 2.23. The van der Waals surface area contributed by atoms with Crippen LogP contribution >= 0.6 is 31.9 Å². The summed E-state index contributed by atoms with van der Waals surface area (Å²) in [6, 6.07) is 3.53. The Morgan fingerprint density at radius 1 is 1.39 bits per heavy atom. The number of hydrogen-bond acceptors (Lipinski definition) is 4. The van der Waals surface area contributed by atoms with Crippen molar-refractivity contribution in [2.45, 2.75) is 6.10 Å². The molecule has 1 unspecified atom stereocenters. The van der Waals surface area contributed by atoms with Gasteiger partial charge in [-0.15, -0.1) is 0 Å². The first-order chi connectivity index (χ1) is 8.58. The molecule has 7 heteroatoms. The predicted octanol–water partition coefficient (Wildman–Crippen LogP) is 2.15. The lowest BCUT2D eigenvalue weighted by molar-refractivity contribution is -0.142. The summed E-state index contributed by atoms with van der Waals surface area (Å²) in [6.45, 7) is 1.21. The van der Waals surface area contributed by atoms with Gasteiger partial charge in [0.25, 0.3) is 5.91 Å². The summed E-state index contributed by atoms with van der Waals surface area (Å²) in [5.41, 5.74) is 6.87. The average molecular weight is 380 g/mol. The SMILES string of the molecule is Nc1cc(Br)cc(Br)c1NC(=O)C1COCCO1. The fraction of sp³-hybridized carbons (Fsp3) is 0.364. The lowest BCUT2D eigenvalue weighted by Gasteiger charge is -2.22. The van der Waals surface area contributed by atoms with E-state index in [4.69, 9.17) is 15.2 Å². The fourth-order valence-corrected chi connectivity index (χ4v) is 2.93. The van der Waals surface area contributed by atoms with Gasteiger partial charge in [0.1, 0.15) is 0 Å². The first-order valence-corrected chi connectivity index (χ1v) is 6.91. The van der Waals surface area contributed by atoms with Gasteiger partial charge in [0.15, 0.2) is 6.10 Å². The zero-order valence-corrected chi connectivity index (χ0v) is 12.6. The van der Waals surface area contributed by atoms with Crippen LogP contribution in [0.1, 0.15) is 0 Å². The van der Waals surface area contributed by atoms with Crippen molar-refractivity contribution >= 4 is 49.1 Å². The number of carbonyl (C=O) groups excluding carboxylic acids is 1. The van der Waals surface area contributed by atoms with Crippen LogP contribution in [0.5, 0.6) is 0 Å². The van der Waals surface area contributed by atoms with Crippen LogP contribution in [0, 0.1) is 0 Å². The average Bonchev–Trinajstić information content (AvgIpc) is 2.34. The number of anilines is 2. The number of amides is 1. The lowest BCUT2D eigenvalue weighted by atomic mass is 10.2. The van der Waals surface area contributed by atoms with Crippen molar-refractivity contribution in [2.75, 3.05) is 30.9 Å². The standard InChI is InChI=1S/C11H12Br2N2O3/c12-6-3-7(13)10(8(14)4-6)15-11(16)9-5-17-1-2-18-9/h3-4,9H,1-2,5,14H2,(H,15,16). The van der Waals surface area contributed by atoms with Crippen molar-refractivity contribution in [3.05, 3.63) is 21.1 Å². The molecule has 1 aliphatic rings. The quantitative estimate of drug-likeness (QED) is 0.772. The molecule has 0 bridgehead atoms. The van der Waals surface area contributed by atoms with Gasteiger partial charge in [0.2, 0.25) is 0 Å². The molecule has 5 nitrogen and oxygen atoms in total. The molecule has 0 aromatic heterocycles. The molecule has 0 aliphatic carbocycles. The van der Waals surface area contributed by atoms with Gasteiger partial charge < -0.3 is 20.5 Å². The zero-order valence-electron chi connectivity index (χ0n) is 9.41.